The van der Waals surface area contributed by atoms with E-state index in [0.29, 0.717) is 24.2 Å². The fourth-order valence-corrected chi connectivity index (χ4v) is 1.14. The fourth-order valence-electron chi connectivity index (χ4n) is 1.06. The Kier molecular flexibility index (Phi) is 4.93. The van der Waals surface area contributed by atoms with E-state index >= 15 is 0 Å². The molecule has 1 rings (SSSR count). The molecule has 0 fully saturated rings. The van der Waals surface area contributed by atoms with Crippen LogP contribution in [0.1, 0.15) is 11.1 Å². The van der Waals surface area contributed by atoms with E-state index in [9.17, 15) is 26.3 Å². The lowest BCUT2D eigenvalue weighted by atomic mass is 10.1. The average Bonchev–Trinajstić information content (AvgIpc) is 2.27. The van der Waals surface area contributed by atoms with Gasteiger partial charge in [-0.2, -0.15) is 26.3 Å². The van der Waals surface area contributed by atoms with E-state index in [1.807, 2.05) is 0 Å². The van der Waals surface area contributed by atoms with Crippen LogP contribution in [-0.2, 0) is 21.7 Å². The largest absolute Gasteiger partial charge is 0.416 e. The molecule has 0 N–H and O–H groups in total. The molecule has 0 spiro atoms. The predicted octanol–water partition coefficient (Wildman–Crippen LogP) is 4.24. The first-order valence-electron chi connectivity index (χ1n) is 4.48. The normalized spacial score (nSPS) is 12.6. The smallest absolute Gasteiger partial charge is 0.307 e. The molecule has 0 aliphatic carbocycles. The molecule has 0 aliphatic rings. The van der Waals surface area contributed by atoms with Gasteiger partial charge in [-0.15, -0.1) is 4.33 Å². The first-order chi connectivity index (χ1) is 8.64. The first-order valence-corrected chi connectivity index (χ1v) is 5.63. The molecule has 0 bridgehead atoms. The summed E-state index contributed by atoms with van der Waals surface area (Å²) >= 11 is 0.649. The van der Waals surface area contributed by atoms with E-state index in [1.165, 1.54) is 6.26 Å². The van der Waals surface area contributed by atoms with Crippen molar-refractivity contribution < 1.29 is 40.6 Å². The van der Waals surface area contributed by atoms with E-state index in [4.69, 9.17) is 0 Å². The van der Waals surface area contributed by atoms with Crippen molar-refractivity contribution in [3.05, 3.63) is 29.3 Å². The summed E-state index contributed by atoms with van der Waals surface area (Å²) in [6, 6.07) is 0.695. The van der Waals surface area contributed by atoms with Gasteiger partial charge in [-0.1, -0.05) is 0 Å². The Morgan fingerprint density at radius 3 is 1.74 bits per heavy atom. The molecule has 0 atom stereocenters. The summed E-state index contributed by atoms with van der Waals surface area (Å²) < 4.78 is 78.7. The van der Waals surface area contributed by atoms with Gasteiger partial charge >= 0.3 is 12.4 Å². The number of benzene rings is 1. The molecule has 0 amide bonds. The van der Waals surface area contributed by atoms with E-state index in [2.05, 4.69) is 14.3 Å². The van der Waals surface area contributed by atoms with Crippen molar-refractivity contribution in [1.29, 1.82) is 0 Å². The lowest BCUT2D eigenvalue weighted by Crippen LogP contribution is -2.11. The maximum Gasteiger partial charge on any atom is 0.416 e. The fraction of sp³-hybridized carbons (Fsp3) is 0.333. The first kappa shape index (κ1) is 15.9. The molecule has 0 heterocycles. The summed E-state index contributed by atoms with van der Waals surface area (Å²) in [5.74, 6) is -0.781. The quantitative estimate of drug-likeness (QED) is 0.273. The van der Waals surface area contributed by atoms with Crippen LogP contribution in [0.4, 0.5) is 26.3 Å². The minimum absolute atomic E-state index is 0.0255. The van der Waals surface area contributed by atoms with Crippen molar-refractivity contribution in [3.8, 4) is 5.75 Å². The Balaban J connectivity index is 3.10. The molecule has 1 aromatic carbocycles. The Bertz CT molecular complexity index is 399. The van der Waals surface area contributed by atoms with E-state index in [-0.39, 0.29) is 6.07 Å². The highest BCUT2D eigenvalue weighted by molar-refractivity contribution is 7.93. The van der Waals surface area contributed by atoms with Gasteiger partial charge in [0.2, 0.25) is 0 Å². The monoisotopic (exact) mass is 308 g/mol. The van der Waals surface area contributed by atoms with Gasteiger partial charge < -0.3 is 4.89 Å². The molecule has 0 saturated heterocycles. The van der Waals surface area contributed by atoms with Gasteiger partial charge in [0.15, 0.2) is 5.75 Å². The zero-order valence-electron chi connectivity index (χ0n) is 9.13. The van der Waals surface area contributed by atoms with E-state index in [1.54, 1.807) is 0 Å². The number of hydrogen-bond donors (Lipinski definition) is 0. The summed E-state index contributed by atoms with van der Waals surface area (Å²) in [5, 5.41) is 3.93. The van der Waals surface area contributed by atoms with Crippen LogP contribution in [0, 0.1) is 0 Å². The Morgan fingerprint density at radius 2 is 1.37 bits per heavy atom. The van der Waals surface area contributed by atoms with Gasteiger partial charge in [-0.05, 0) is 23.2 Å². The van der Waals surface area contributed by atoms with Gasteiger partial charge in [-0.3, -0.25) is 0 Å². The third kappa shape index (κ3) is 4.80. The van der Waals surface area contributed by atoms with Crippen LogP contribution < -0.4 is 4.89 Å². The molecule has 0 aliphatic heterocycles. The second-order valence-corrected chi connectivity index (χ2v) is 3.60. The van der Waals surface area contributed by atoms with Crippen molar-refractivity contribution in [1.82, 2.24) is 0 Å². The van der Waals surface area contributed by atoms with Gasteiger partial charge in [0.1, 0.15) is 0 Å². The molecule has 0 saturated carbocycles. The van der Waals surface area contributed by atoms with E-state index in [0.717, 1.165) is 0 Å². The molecular formula is C9H6F6O3S. The predicted molar refractivity (Wildman–Crippen MR) is 52.8 cm³/mol. The third-order valence-corrected chi connectivity index (χ3v) is 1.98. The molecule has 0 unspecified atom stereocenters. The number of alkyl halides is 6. The molecule has 108 valence electrons. The molecule has 10 heteroatoms. The van der Waals surface area contributed by atoms with Crippen LogP contribution >= 0.6 is 12.0 Å². The molecule has 0 aromatic heterocycles. The number of halogens is 6. The van der Waals surface area contributed by atoms with Gasteiger partial charge in [0.25, 0.3) is 0 Å². The molecule has 0 radical (unpaired) electrons. The summed E-state index contributed by atoms with van der Waals surface area (Å²) in [6.07, 6.45) is -8.49. The van der Waals surface area contributed by atoms with Crippen molar-refractivity contribution in [2.24, 2.45) is 0 Å². The van der Waals surface area contributed by atoms with Crippen molar-refractivity contribution >= 4 is 12.0 Å². The zero-order chi connectivity index (χ0) is 14.7. The summed E-state index contributed by atoms with van der Waals surface area (Å²) in [4.78, 5) is 4.18. The summed E-state index contributed by atoms with van der Waals surface area (Å²) in [6.45, 7) is 0. The molecule has 19 heavy (non-hydrogen) atoms. The topological polar surface area (TPSA) is 27.7 Å². The van der Waals surface area contributed by atoms with Crippen LogP contribution in [-0.4, -0.2) is 6.26 Å². The van der Waals surface area contributed by atoms with Crippen molar-refractivity contribution in [2.45, 2.75) is 12.4 Å². The Labute approximate surface area is 107 Å². The molecule has 1 aromatic rings. The second kappa shape index (κ2) is 5.88. The number of hydrogen-bond acceptors (Lipinski definition) is 4. The van der Waals surface area contributed by atoms with Crippen LogP contribution in [0.25, 0.3) is 0 Å². The van der Waals surface area contributed by atoms with Gasteiger partial charge in [-0.25, -0.2) is 0 Å². The lowest BCUT2D eigenvalue weighted by molar-refractivity contribution is -0.403. The molecular weight excluding hydrogens is 302 g/mol. The SMILES string of the molecule is CSOOOc1cc(C(F)(F)F)cc(C(F)(F)F)c1. The standard InChI is InChI=1S/C9H6F6O3S/c1-19-18-17-16-7-3-5(8(10,11)12)2-6(4-7)9(13,14)15/h2-4H,1H3. The second-order valence-electron chi connectivity index (χ2n) is 3.13. The van der Waals surface area contributed by atoms with Crippen molar-refractivity contribution in [3.63, 3.8) is 0 Å². The summed E-state index contributed by atoms with van der Waals surface area (Å²) in [5.41, 5.74) is -3.02. The van der Waals surface area contributed by atoms with E-state index < -0.39 is 29.2 Å². The molecule has 3 nitrogen and oxygen atoms in total. The highest BCUT2D eigenvalue weighted by Crippen LogP contribution is 2.38. The average molecular weight is 308 g/mol. The highest BCUT2D eigenvalue weighted by Gasteiger charge is 2.37. The Hall–Kier alpha value is -1.13. The van der Waals surface area contributed by atoms with Gasteiger partial charge in [0, 0.05) is 18.3 Å². The maximum atomic E-state index is 12.4. The van der Waals surface area contributed by atoms with Crippen LogP contribution in [0.3, 0.4) is 0 Å². The van der Waals surface area contributed by atoms with Crippen molar-refractivity contribution in [2.75, 3.05) is 6.26 Å². The highest BCUT2D eigenvalue weighted by atomic mass is 32.2. The Morgan fingerprint density at radius 1 is 0.895 bits per heavy atom. The third-order valence-electron chi connectivity index (χ3n) is 1.79. The number of rotatable bonds is 4. The lowest BCUT2D eigenvalue weighted by Gasteiger charge is -2.13. The van der Waals surface area contributed by atoms with Crippen LogP contribution in [0.5, 0.6) is 5.75 Å². The minimum atomic E-state index is -4.94. The summed E-state index contributed by atoms with van der Waals surface area (Å²) in [7, 11) is 0. The maximum absolute atomic E-state index is 12.4. The van der Waals surface area contributed by atoms with Crippen LogP contribution in [0.2, 0.25) is 0 Å². The van der Waals surface area contributed by atoms with Gasteiger partial charge in [0.05, 0.1) is 11.1 Å². The zero-order valence-corrected chi connectivity index (χ0v) is 9.95. The minimum Gasteiger partial charge on any atom is -0.307 e. The van der Waals surface area contributed by atoms with Crippen LogP contribution in [0.15, 0.2) is 18.2 Å².